The number of unbranched alkanes of at least 4 members (excludes halogenated alkanes) is 13. The molecule has 7 atom stereocenters. The van der Waals surface area contributed by atoms with Gasteiger partial charge in [-0.15, -0.1) is 0 Å². The summed E-state index contributed by atoms with van der Waals surface area (Å²) in [6.45, 7) is 3.52. The fourth-order valence-electron chi connectivity index (χ4n) is 8.76. The predicted molar refractivity (Wildman–Crippen MR) is 288 cm³/mol. The van der Waals surface area contributed by atoms with Gasteiger partial charge >= 0.3 is 0 Å². The summed E-state index contributed by atoms with van der Waals surface area (Å²) in [5.41, 5.74) is 28.9. The third kappa shape index (κ3) is 32.1. The van der Waals surface area contributed by atoms with Crippen LogP contribution in [0.2, 0.25) is 0 Å². The van der Waals surface area contributed by atoms with Crippen LogP contribution in [0.1, 0.15) is 193 Å². The van der Waals surface area contributed by atoms with Crippen molar-refractivity contribution in [2.45, 2.75) is 235 Å². The lowest BCUT2D eigenvalue weighted by Crippen LogP contribution is -2.59. The van der Waals surface area contributed by atoms with E-state index in [2.05, 4.69) is 49.5 Å². The van der Waals surface area contributed by atoms with Gasteiger partial charge in [0.05, 0.1) is 19.1 Å². The highest BCUT2D eigenvalue weighted by molar-refractivity contribution is 5.97. The molecule has 8 amide bonds. The molecule has 0 radical (unpaired) electrons. The second-order valence-electron chi connectivity index (χ2n) is 19.9. The third-order valence-electron chi connectivity index (χ3n) is 13.3. The predicted octanol–water partition coefficient (Wildman–Crippen LogP) is 0.628. The first-order valence-corrected chi connectivity index (χ1v) is 28.3. The van der Waals surface area contributed by atoms with E-state index in [-0.39, 0.29) is 58.0 Å². The molecule has 1 rings (SSSR count). The number of nitrogens with one attached hydrogen (secondary N) is 8. The molecule has 0 aromatic heterocycles. The van der Waals surface area contributed by atoms with Gasteiger partial charge in [-0.1, -0.05) is 71.1 Å². The first kappa shape index (κ1) is 67.5. The number of amides is 8. The second-order valence-corrected chi connectivity index (χ2v) is 19.9. The molecular formula is C52H101N13O9. The van der Waals surface area contributed by atoms with Gasteiger partial charge in [-0.3, -0.25) is 38.4 Å². The van der Waals surface area contributed by atoms with Crippen LogP contribution in [-0.2, 0) is 38.4 Å². The van der Waals surface area contributed by atoms with Gasteiger partial charge in [0.1, 0.15) is 36.3 Å². The fourth-order valence-corrected chi connectivity index (χ4v) is 8.76. The van der Waals surface area contributed by atoms with Crippen molar-refractivity contribution in [3.63, 3.8) is 0 Å². The first-order chi connectivity index (χ1) is 35.7. The van der Waals surface area contributed by atoms with Crippen LogP contribution < -0.4 is 71.2 Å². The minimum Gasteiger partial charge on any atom is -0.393 e. The van der Waals surface area contributed by atoms with Crippen molar-refractivity contribution in [2.24, 2.45) is 28.7 Å². The molecule has 0 aromatic carbocycles. The van der Waals surface area contributed by atoms with Crippen LogP contribution >= 0.6 is 0 Å². The molecule has 0 aromatic rings. The number of aliphatic hydroxyl groups excluding tert-OH is 1. The zero-order valence-electron chi connectivity index (χ0n) is 45.1. The summed E-state index contributed by atoms with van der Waals surface area (Å²) >= 11 is 0. The van der Waals surface area contributed by atoms with E-state index >= 15 is 0 Å². The zero-order chi connectivity index (χ0) is 54.8. The van der Waals surface area contributed by atoms with Crippen LogP contribution in [0.25, 0.3) is 0 Å². The van der Waals surface area contributed by atoms with Gasteiger partial charge in [0.25, 0.3) is 0 Å². The molecule has 1 aliphatic heterocycles. The number of hydrogen-bond donors (Lipinski definition) is 14. The van der Waals surface area contributed by atoms with Crippen molar-refractivity contribution in [3.05, 3.63) is 0 Å². The van der Waals surface area contributed by atoms with Gasteiger partial charge in [-0.05, 0) is 148 Å². The van der Waals surface area contributed by atoms with Crippen molar-refractivity contribution < 1.29 is 43.5 Å². The Kier molecular flexibility index (Phi) is 39.9. The van der Waals surface area contributed by atoms with Crippen LogP contribution in [-0.4, -0.2) is 141 Å². The zero-order valence-corrected chi connectivity index (χ0v) is 45.1. The average molecular weight is 1050 g/mol. The summed E-state index contributed by atoms with van der Waals surface area (Å²) in [6, 6.07) is -6.68. The normalized spacial score (nSPS) is 20.3. The fraction of sp³-hybridized carbons (Fsp3) is 0.846. The Morgan fingerprint density at radius 2 is 0.959 bits per heavy atom. The van der Waals surface area contributed by atoms with Gasteiger partial charge in [0, 0.05) is 6.54 Å². The Balaban J connectivity index is 3.32. The molecule has 0 bridgehead atoms. The lowest BCUT2D eigenvalue weighted by Gasteiger charge is -2.28. The summed E-state index contributed by atoms with van der Waals surface area (Å²) < 4.78 is 0. The van der Waals surface area contributed by atoms with E-state index < -0.39 is 96.2 Å². The molecule has 22 heteroatoms. The van der Waals surface area contributed by atoms with Crippen LogP contribution in [0.5, 0.6) is 0 Å². The minimum atomic E-state index is -1.22. The Morgan fingerprint density at radius 3 is 1.42 bits per heavy atom. The lowest BCUT2D eigenvalue weighted by atomic mass is 10.0. The van der Waals surface area contributed by atoms with Crippen LogP contribution in [0.4, 0.5) is 0 Å². The van der Waals surface area contributed by atoms with Gasteiger partial charge in [0.15, 0.2) is 0 Å². The van der Waals surface area contributed by atoms with Crippen LogP contribution in [0, 0.1) is 0 Å². The first-order valence-electron chi connectivity index (χ1n) is 28.3. The van der Waals surface area contributed by atoms with E-state index in [1.54, 1.807) is 0 Å². The van der Waals surface area contributed by atoms with E-state index in [9.17, 15) is 43.5 Å². The number of carbonyl (C=O) groups is 8. The molecule has 428 valence electrons. The topological polar surface area (TPSA) is 383 Å². The van der Waals surface area contributed by atoms with Crippen molar-refractivity contribution in [1.82, 2.24) is 42.5 Å². The number of aliphatic hydroxyl groups is 1. The SMILES string of the molecule is CCCCCCCCCCCC[C@@H](O)CC(=O)NCC(=O)N[C@@H](CCCN)C(=O)NC1CCCCNC(=O)C(CCCCN)NC(=O)[C@@H](CCCCN)NC(=O)[C@@H](CCCCN)NC(=O)C(CCCCN)NC1=O. The molecule has 3 unspecified atom stereocenters. The molecule has 1 fully saturated rings. The van der Waals surface area contributed by atoms with Gasteiger partial charge in [-0.2, -0.15) is 0 Å². The molecule has 22 nitrogen and oxygen atoms in total. The Morgan fingerprint density at radius 1 is 0.527 bits per heavy atom. The molecule has 74 heavy (non-hydrogen) atoms. The largest absolute Gasteiger partial charge is 0.393 e. The molecule has 19 N–H and O–H groups in total. The smallest absolute Gasteiger partial charge is 0.243 e. The van der Waals surface area contributed by atoms with Gasteiger partial charge < -0.3 is 76.3 Å². The van der Waals surface area contributed by atoms with E-state index in [0.717, 1.165) is 25.7 Å². The highest BCUT2D eigenvalue weighted by atomic mass is 16.3. The minimum absolute atomic E-state index is 0.0604. The average Bonchev–Trinajstić information content (AvgIpc) is 3.37. The van der Waals surface area contributed by atoms with E-state index in [0.29, 0.717) is 103 Å². The molecule has 0 aliphatic carbocycles. The quantitative estimate of drug-likeness (QED) is 0.0380. The molecular weight excluding hydrogens is 951 g/mol. The van der Waals surface area contributed by atoms with E-state index in [1.165, 1.54) is 38.5 Å². The highest BCUT2D eigenvalue weighted by Gasteiger charge is 2.33. The van der Waals surface area contributed by atoms with Crippen LogP contribution in [0.15, 0.2) is 0 Å². The van der Waals surface area contributed by atoms with E-state index in [4.69, 9.17) is 28.7 Å². The van der Waals surface area contributed by atoms with Crippen molar-refractivity contribution in [1.29, 1.82) is 0 Å². The summed E-state index contributed by atoms with van der Waals surface area (Å²) in [4.78, 5) is 110. The summed E-state index contributed by atoms with van der Waals surface area (Å²) in [5, 5.41) is 32.6. The van der Waals surface area contributed by atoms with Crippen molar-refractivity contribution >= 4 is 47.3 Å². The third-order valence-corrected chi connectivity index (χ3v) is 13.3. The molecule has 1 aliphatic rings. The standard InChI is InChI=1S/C52H101N13O9/c1-2-3-4-5-6-7-8-9-10-11-23-38(66)36-45(67)59-37-46(68)60-40(29-22-34-57)48(70)62-44-28-16-21-35-58-47(69)39(24-12-17-30-53)61-49(71)41(25-13-18-31-54)63-50(72)42(26-14-19-32-55)64-51(73)43(65-52(44)74)27-15-20-33-56/h38-44,66H,2-37,53-57H2,1H3,(H,58,69)(H,59,67)(H,60,68)(H,61,71)(H,62,70)(H,63,72)(H,64,73)(H,65,74)/t38-,39?,40+,41-,42-,43?,44?/m1/s1. The lowest BCUT2D eigenvalue weighted by molar-refractivity contribution is -0.135. The van der Waals surface area contributed by atoms with Crippen LogP contribution in [0.3, 0.4) is 0 Å². The number of rotatable bonds is 37. The summed E-state index contributed by atoms with van der Waals surface area (Å²) in [6.07, 6.45) is 17.2. The molecule has 1 saturated heterocycles. The van der Waals surface area contributed by atoms with Crippen molar-refractivity contribution in [3.8, 4) is 0 Å². The molecule has 1 heterocycles. The molecule has 0 saturated carbocycles. The Labute approximate surface area is 442 Å². The van der Waals surface area contributed by atoms with Gasteiger partial charge in [-0.25, -0.2) is 0 Å². The van der Waals surface area contributed by atoms with Crippen molar-refractivity contribution in [2.75, 3.05) is 45.8 Å². The number of hydrogen-bond acceptors (Lipinski definition) is 14. The maximum absolute atomic E-state index is 14.3. The van der Waals surface area contributed by atoms with Gasteiger partial charge in [0.2, 0.25) is 47.3 Å². The Hall–Kier alpha value is -4.48. The summed E-state index contributed by atoms with van der Waals surface area (Å²) in [5.74, 6) is -4.86. The maximum Gasteiger partial charge on any atom is 0.243 e. The highest BCUT2D eigenvalue weighted by Crippen LogP contribution is 2.14. The molecule has 0 spiro atoms. The number of nitrogens with two attached hydrogens (primary N) is 5. The Bertz CT molecular complexity index is 1600. The second kappa shape index (κ2) is 43.7. The summed E-state index contributed by atoms with van der Waals surface area (Å²) in [7, 11) is 0. The number of carbonyl (C=O) groups excluding carboxylic acids is 8. The maximum atomic E-state index is 14.3. The van der Waals surface area contributed by atoms with E-state index in [1.807, 2.05) is 0 Å². The monoisotopic (exact) mass is 1050 g/mol.